The quantitative estimate of drug-likeness (QED) is 0.742. The molecule has 0 aromatic carbocycles. The average Bonchev–Trinajstić information content (AvgIpc) is 2.27. The first-order valence-electron chi connectivity index (χ1n) is 5.80. The van der Waals surface area contributed by atoms with Crippen LogP contribution in [0.1, 0.15) is 26.2 Å². The molecular weight excluding hydrogens is 208 g/mol. The first-order valence-corrected chi connectivity index (χ1v) is 6.21. The van der Waals surface area contributed by atoms with E-state index >= 15 is 0 Å². The zero-order valence-electron chi connectivity index (χ0n) is 9.79. The van der Waals surface area contributed by atoms with Crippen LogP contribution in [0.25, 0.3) is 0 Å². The molecule has 3 nitrogen and oxygen atoms in total. The molecule has 0 aromatic heterocycles. The summed E-state index contributed by atoms with van der Waals surface area (Å²) in [5, 5.41) is 4.13. The van der Waals surface area contributed by atoms with Crippen LogP contribution in [0.5, 0.6) is 0 Å². The molecule has 0 saturated carbocycles. The number of nitrogens with one attached hydrogen (secondary N) is 1. The Hall–Kier alpha value is -0.350. The van der Waals surface area contributed by atoms with E-state index in [1.807, 2.05) is 0 Å². The Morgan fingerprint density at radius 3 is 2.73 bits per heavy atom. The van der Waals surface area contributed by atoms with Gasteiger partial charge in [-0.25, -0.2) is 0 Å². The minimum Gasteiger partial charge on any atom is -0.381 e. The first kappa shape index (κ1) is 12.7. The fraction of sp³-hybridized carbons (Fsp3) is 0.909. The maximum absolute atomic E-state index is 5.34. The van der Waals surface area contributed by atoms with Crippen LogP contribution in [0.2, 0.25) is 0 Å². The summed E-state index contributed by atoms with van der Waals surface area (Å²) in [7, 11) is 2.07. The van der Waals surface area contributed by atoms with Gasteiger partial charge in [0.05, 0.1) is 0 Å². The molecule has 1 rings (SSSR count). The lowest BCUT2D eigenvalue weighted by Crippen LogP contribution is -2.40. The predicted octanol–water partition coefficient (Wildman–Crippen LogP) is 1.63. The number of nitrogens with zero attached hydrogens (tertiary/aromatic N) is 1. The molecule has 0 bridgehead atoms. The summed E-state index contributed by atoms with van der Waals surface area (Å²) >= 11 is 5.29. The van der Waals surface area contributed by atoms with Crippen molar-refractivity contribution < 1.29 is 4.74 Å². The van der Waals surface area contributed by atoms with Gasteiger partial charge in [0.25, 0.3) is 0 Å². The fourth-order valence-corrected chi connectivity index (χ4v) is 1.94. The van der Waals surface area contributed by atoms with E-state index in [1.54, 1.807) is 0 Å². The average molecular weight is 230 g/mol. The van der Waals surface area contributed by atoms with Crippen molar-refractivity contribution in [1.82, 2.24) is 10.2 Å². The second kappa shape index (κ2) is 7.01. The molecule has 0 unspecified atom stereocenters. The molecular formula is C11H22N2OS. The van der Waals surface area contributed by atoms with Crippen molar-refractivity contribution in [2.24, 2.45) is 5.92 Å². The number of rotatable bonds is 4. The minimum atomic E-state index is 0.741. The smallest absolute Gasteiger partial charge is 0.168 e. The molecule has 1 aliphatic heterocycles. The summed E-state index contributed by atoms with van der Waals surface area (Å²) in [6, 6.07) is 0. The summed E-state index contributed by atoms with van der Waals surface area (Å²) in [6.45, 7) is 5.99. The van der Waals surface area contributed by atoms with Crippen LogP contribution in [0, 0.1) is 5.92 Å². The molecule has 4 heteroatoms. The van der Waals surface area contributed by atoms with Gasteiger partial charge in [-0.2, -0.15) is 0 Å². The van der Waals surface area contributed by atoms with Crippen LogP contribution < -0.4 is 5.32 Å². The number of hydrogen-bond acceptors (Lipinski definition) is 2. The lowest BCUT2D eigenvalue weighted by atomic mass is 10.0. The molecule has 1 fully saturated rings. The highest BCUT2D eigenvalue weighted by Gasteiger charge is 2.16. The Bertz CT molecular complexity index is 193. The van der Waals surface area contributed by atoms with Crippen molar-refractivity contribution in [2.45, 2.75) is 26.2 Å². The maximum atomic E-state index is 5.34. The minimum absolute atomic E-state index is 0.741. The molecule has 1 aliphatic rings. The van der Waals surface area contributed by atoms with Crippen molar-refractivity contribution >= 4 is 17.3 Å². The van der Waals surface area contributed by atoms with E-state index in [0.29, 0.717) is 0 Å². The summed E-state index contributed by atoms with van der Waals surface area (Å²) < 4.78 is 5.34. The van der Waals surface area contributed by atoms with Gasteiger partial charge >= 0.3 is 0 Å². The third kappa shape index (κ3) is 4.80. The lowest BCUT2D eigenvalue weighted by molar-refractivity contribution is 0.0612. The van der Waals surface area contributed by atoms with Crippen LogP contribution in [-0.2, 0) is 4.74 Å². The third-order valence-corrected chi connectivity index (χ3v) is 3.20. The largest absolute Gasteiger partial charge is 0.381 e. The zero-order chi connectivity index (χ0) is 11.1. The van der Waals surface area contributed by atoms with E-state index in [1.165, 1.54) is 12.8 Å². The van der Waals surface area contributed by atoms with Crippen molar-refractivity contribution in [1.29, 1.82) is 0 Å². The van der Waals surface area contributed by atoms with Gasteiger partial charge in [-0.15, -0.1) is 0 Å². The third-order valence-electron chi connectivity index (χ3n) is 2.75. The van der Waals surface area contributed by atoms with E-state index in [2.05, 4.69) is 24.2 Å². The molecule has 1 heterocycles. The van der Waals surface area contributed by atoms with Gasteiger partial charge in [-0.05, 0) is 37.4 Å². The topological polar surface area (TPSA) is 24.5 Å². The van der Waals surface area contributed by atoms with Crippen LogP contribution in [0.15, 0.2) is 0 Å². The van der Waals surface area contributed by atoms with E-state index in [-0.39, 0.29) is 0 Å². The molecule has 88 valence electrons. The molecule has 0 radical (unpaired) electrons. The molecule has 0 atom stereocenters. The Morgan fingerprint density at radius 1 is 1.47 bits per heavy atom. The molecule has 1 N–H and O–H groups in total. The molecule has 15 heavy (non-hydrogen) atoms. The van der Waals surface area contributed by atoms with Gasteiger partial charge in [-0.3, -0.25) is 0 Å². The van der Waals surface area contributed by atoms with Gasteiger partial charge in [0, 0.05) is 33.4 Å². The Kier molecular flexibility index (Phi) is 5.95. The highest BCUT2D eigenvalue weighted by molar-refractivity contribution is 7.80. The summed E-state index contributed by atoms with van der Waals surface area (Å²) in [6.07, 6.45) is 3.45. The van der Waals surface area contributed by atoms with E-state index in [0.717, 1.165) is 43.8 Å². The number of thiocarbonyl (C=S) groups is 1. The molecule has 0 spiro atoms. The zero-order valence-corrected chi connectivity index (χ0v) is 10.6. The molecule has 1 saturated heterocycles. The van der Waals surface area contributed by atoms with Crippen molar-refractivity contribution in [3.05, 3.63) is 0 Å². The monoisotopic (exact) mass is 230 g/mol. The van der Waals surface area contributed by atoms with Crippen LogP contribution in [-0.4, -0.2) is 43.4 Å². The molecule has 0 aliphatic carbocycles. The second-order valence-electron chi connectivity index (χ2n) is 4.17. The Labute approximate surface area is 98.2 Å². The van der Waals surface area contributed by atoms with Gasteiger partial charge in [0.1, 0.15) is 0 Å². The van der Waals surface area contributed by atoms with Crippen LogP contribution >= 0.6 is 12.2 Å². The van der Waals surface area contributed by atoms with Crippen LogP contribution in [0.4, 0.5) is 0 Å². The van der Waals surface area contributed by atoms with E-state index in [4.69, 9.17) is 17.0 Å². The van der Waals surface area contributed by atoms with E-state index < -0.39 is 0 Å². The first-order chi connectivity index (χ1) is 7.24. The Balaban J connectivity index is 2.20. The maximum Gasteiger partial charge on any atom is 0.168 e. The van der Waals surface area contributed by atoms with Gasteiger partial charge < -0.3 is 15.0 Å². The summed E-state index contributed by atoms with van der Waals surface area (Å²) in [5.74, 6) is 0.741. The SMILES string of the molecule is CCCNC(=S)N(C)CC1CCOCC1. The number of hydrogen-bond donors (Lipinski definition) is 1. The lowest BCUT2D eigenvalue weighted by Gasteiger charge is -2.28. The number of ether oxygens (including phenoxy) is 1. The van der Waals surface area contributed by atoms with Gasteiger partial charge in [0.15, 0.2) is 5.11 Å². The van der Waals surface area contributed by atoms with Crippen molar-refractivity contribution in [3.63, 3.8) is 0 Å². The fourth-order valence-electron chi connectivity index (χ4n) is 1.77. The molecule has 0 amide bonds. The highest BCUT2D eigenvalue weighted by Crippen LogP contribution is 2.15. The summed E-state index contributed by atoms with van der Waals surface area (Å²) in [4.78, 5) is 2.15. The second-order valence-corrected chi connectivity index (χ2v) is 4.55. The normalized spacial score (nSPS) is 17.5. The molecule has 0 aromatic rings. The van der Waals surface area contributed by atoms with Crippen LogP contribution in [0.3, 0.4) is 0 Å². The Morgan fingerprint density at radius 2 is 2.13 bits per heavy atom. The van der Waals surface area contributed by atoms with E-state index in [9.17, 15) is 0 Å². The highest BCUT2D eigenvalue weighted by atomic mass is 32.1. The standard InChI is InChI=1S/C11H22N2OS/c1-3-6-12-11(15)13(2)9-10-4-7-14-8-5-10/h10H,3-9H2,1-2H3,(H,12,15). The predicted molar refractivity (Wildman–Crippen MR) is 67.1 cm³/mol. The summed E-state index contributed by atoms with van der Waals surface area (Å²) in [5.41, 5.74) is 0. The van der Waals surface area contributed by atoms with Crippen molar-refractivity contribution in [3.8, 4) is 0 Å². The van der Waals surface area contributed by atoms with Crippen molar-refractivity contribution in [2.75, 3.05) is 33.4 Å². The van der Waals surface area contributed by atoms with Gasteiger partial charge in [-0.1, -0.05) is 6.92 Å². The van der Waals surface area contributed by atoms with Gasteiger partial charge in [0.2, 0.25) is 0 Å².